The monoisotopic (exact) mass is 691 g/mol. The Balaban J connectivity index is 1.24. The summed E-state index contributed by atoms with van der Waals surface area (Å²) in [5, 5.41) is 12.1. The van der Waals surface area contributed by atoms with E-state index in [0.29, 0.717) is 65.7 Å². The lowest BCUT2D eigenvalue weighted by molar-refractivity contribution is -0.135. The minimum absolute atomic E-state index is 0.147. The Bertz CT molecular complexity index is 2070. The number of ether oxygens (including phenoxy) is 1. The number of carbonyl (C=O) groups is 3. The highest BCUT2D eigenvalue weighted by molar-refractivity contribution is 5.86. The van der Waals surface area contributed by atoms with Crippen LogP contribution in [0.5, 0.6) is 0 Å². The highest BCUT2D eigenvalue weighted by Gasteiger charge is 2.37. The second-order valence-corrected chi connectivity index (χ2v) is 12.8. The topological polar surface area (TPSA) is 157 Å². The van der Waals surface area contributed by atoms with Crippen LogP contribution in [-0.4, -0.2) is 79.2 Å². The molecule has 2 fully saturated rings. The number of carbonyl (C=O) groups excluding carboxylic acids is 2. The second kappa shape index (κ2) is 15.2. The largest absolute Gasteiger partial charge is 0.465 e. The number of aromatic amines is 2. The lowest BCUT2D eigenvalue weighted by atomic mass is 9.96. The summed E-state index contributed by atoms with van der Waals surface area (Å²) in [7, 11) is 1.27. The fraction of sp³-hybridized carbons (Fsp3) is 0.342. The van der Waals surface area contributed by atoms with Crippen molar-refractivity contribution >= 4 is 18.1 Å². The Morgan fingerprint density at radius 2 is 1.65 bits per heavy atom. The highest BCUT2D eigenvalue weighted by Crippen LogP contribution is 2.34. The van der Waals surface area contributed by atoms with Gasteiger partial charge in [-0.25, -0.2) is 23.9 Å². The fourth-order valence-electron chi connectivity index (χ4n) is 6.61. The summed E-state index contributed by atoms with van der Waals surface area (Å²) in [5.74, 6) is 12.2. The molecule has 3 unspecified atom stereocenters. The molecule has 51 heavy (non-hydrogen) atoms. The molecule has 4 heterocycles. The Hall–Kier alpha value is -6.08. The molecule has 13 heteroatoms. The zero-order valence-corrected chi connectivity index (χ0v) is 28.5. The summed E-state index contributed by atoms with van der Waals surface area (Å²) >= 11 is 0. The van der Waals surface area contributed by atoms with Crippen molar-refractivity contribution in [3.63, 3.8) is 0 Å². The van der Waals surface area contributed by atoms with Crippen molar-refractivity contribution in [1.82, 2.24) is 35.1 Å². The van der Waals surface area contributed by atoms with E-state index in [1.165, 1.54) is 24.1 Å². The zero-order valence-electron chi connectivity index (χ0n) is 28.5. The first-order valence-electron chi connectivity index (χ1n) is 16.8. The first-order chi connectivity index (χ1) is 24.6. The number of methoxy groups -OCH3 is 1. The predicted octanol–water partition coefficient (Wildman–Crippen LogP) is 5.87. The average Bonchev–Trinajstić information content (AvgIpc) is 3.95. The lowest BCUT2D eigenvalue weighted by Gasteiger charge is -2.30. The van der Waals surface area contributed by atoms with Crippen LogP contribution in [0.1, 0.15) is 74.5 Å². The van der Waals surface area contributed by atoms with E-state index in [-0.39, 0.29) is 29.7 Å². The first-order valence-corrected chi connectivity index (χ1v) is 16.8. The van der Waals surface area contributed by atoms with Crippen LogP contribution >= 0.6 is 0 Å². The number of imidazole rings is 2. The van der Waals surface area contributed by atoms with Gasteiger partial charge in [0.2, 0.25) is 5.91 Å². The van der Waals surface area contributed by atoms with E-state index >= 15 is 0 Å². The Morgan fingerprint density at radius 1 is 0.941 bits per heavy atom. The zero-order chi connectivity index (χ0) is 36.1. The number of nitrogens with one attached hydrogen (secondary N) is 3. The average molecular weight is 692 g/mol. The van der Waals surface area contributed by atoms with Gasteiger partial charge in [0.25, 0.3) is 0 Å². The van der Waals surface area contributed by atoms with Gasteiger partial charge in [-0.3, -0.25) is 9.69 Å². The summed E-state index contributed by atoms with van der Waals surface area (Å²) in [6.07, 6.45) is 4.62. The minimum Gasteiger partial charge on any atom is -0.465 e. The SMILES string of the molecule is COC(=O)NC(C(=O)N1CCCC1c1ncc(-c2ccc(C#CC#Cc3cnc(C4CCCN4C(=O)O)[nH]3)c(-c3cccc(F)c3)c2)[nH]1)C(C)C. The lowest BCUT2D eigenvalue weighted by Crippen LogP contribution is -2.51. The molecule has 4 aromatic rings. The third kappa shape index (κ3) is 7.73. The number of halogens is 1. The van der Waals surface area contributed by atoms with Crippen LogP contribution in [0, 0.1) is 35.4 Å². The Labute approximate surface area is 294 Å². The highest BCUT2D eigenvalue weighted by atomic mass is 19.1. The fourth-order valence-corrected chi connectivity index (χ4v) is 6.61. The van der Waals surface area contributed by atoms with Gasteiger partial charge in [0.15, 0.2) is 0 Å². The number of H-pyrrole nitrogens is 2. The van der Waals surface area contributed by atoms with E-state index < -0.39 is 18.2 Å². The van der Waals surface area contributed by atoms with E-state index in [1.54, 1.807) is 23.4 Å². The molecule has 3 amide bonds. The molecule has 0 aliphatic carbocycles. The molecule has 2 saturated heterocycles. The van der Waals surface area contributed by atoms with Crippen molar-refractivity contribution in [1.29, 1.82) is 0 Å². The number of alkyl carbamates (subject to hydrolysis) is 1. The number of carboxylic acid groups (broad SMARTS) is 1. The third-order valence-corrected chi connectivity index (χ3v) is 9.17. The first kappa shape index (κ1) is 34.8. The van der Waals surface area contributed by atoms with Crippen molar-refractivity contribution in [3.05, 3.63) is 83.6 Å². The Kier molecular flexibility index (Phi) is 10.4. The quantitative estimate of drug-likeness (QED) is 0.177. The maximum absolute atomic E-state index is 14.4. The van der Waals surface area contributed by atoms with Crippen LogP contribution in [0.2, 0.25) is 0 Å². The van der Waals surface area contributed by atoms with Gasteiger partial charge in [0, 0.05) is 24.2 Å². The van der Waals surface area contributed by atoms with Gasteiger partial charge >= 0.3 is 12.2 Å². The predicted molar refractivity (Wildman–Crippen MR) is 186 cm³/mol. The van der Waals surface area contributed by atoms with E-state index in [9.17, 15) is 23.9 Å². The number of hydrogen-bond acceptors (Lipinski definition) is 6. The van der Waals surface area contributed by atoms with Crippen LogP contribution < -0.4 is 5.32 Å². The van der Waals surface area contributed by atoms with Gasteiger partial charge in [-0.15, -0.1) is 0 Å². The van der Waals surface area contributed by atoms with Crippen LogP contribution in [-0.2, 0) is 9.53 Å². The summed E-state index contributed by atoms with van der Waals surface area (Å²) in [4.78, 5) is 55.7. The van der Waals surface area contributed by atoms with Crippen molar-refractivity contribution in [2.45, 2.75) is 57.7 Å². The summed E-state index contributed by atoms with van der Waals surface area (Å²) in [6, 6.07) is 10.6. The molecule has 0 spiro atoms. The van der Waals surface area contributed by atoms with E-state index in [0.717, 1.165) is 18.4 Å². The molecule has 6 rings (SSSR count). The van der Waals surface area contributed by atoms with E-state index in [4.69, 9.17) is 4.74 Å². The number of aromatic nitrogens is 4. The summed E-state index contributed by atoms with van der Waals surface area (Å²) < 4.78 is 19.1. The molecule has 2 aliphatic rings. The molecular formula is C38H38FN7O5. The number of amides is 3. The smallest absolute Gasteiger partial charge is 0.407 e. The molecule has 0 saturated carbocycles. The van der Waals surface area contributed by atoms with E-state index in [2.05, 4.69) is 48.9 Å². The number of rotatable bonds is 7. The van der Waals surface area contributed by atoms with Crippen LogP contribution in [0.25, 0.3) is 22.4 Å². The van der Waals surface area contributed by atoms with Crippen molar-refractivity contribution < 1.29 is 28.6 Å². The molecule has 3 atom stereocenters. The summed E-state index contributed by atoms with van der Waals surface area (Å²) in [6.45, 7) is 4.75. The van der Waals surface area contributed by atoms with Gasteiger partial charge in [-0.1, -0.05) is 38.0 Å². The molecule has 0 bridgehead atoms. The van der Waals surface area contributed by atoms with Gasteiger partial charge in [0.1, 0.15) is 29.2 Å². The normalized spacial score (nSPS) is 17.4. The van der Waals surface area contributed by atoms with Gasteiger partial charge in [0.05, 0.1) is 37.3 Å². The van der Waals surface area contributed by atoms with Crippen molar-refractivity contribution in [2.75, 3.05) is 20.2 Å². The molecule has 2 aromatic heterocycles. The molecule has 12 nitrogen and oxygen atoms in total. The van der Waals surface area contributed by atoms with E-state index in [1.807, 2.05) is 38.1 Å². The molecule has 2 aromatic carbocycles. The number of likely N-dealkylation sites (tertiary alicyclic amines) is 2. The number of nitrogens with zero attached hydrogens (tertiary/aromatic N) is 4. The second-order valence-electron chi connectivity index (χ2n) is 12.8. The van der Waals surface area contributed by atoms with Crippen LogP contribution in [0.4, 0.5) is 14.0 Å². The van der Waals surface area contributed by atoms with Crippen molar-refractivity contribution in [2.24, 2.45) is 5.92 Å². The molecule has 0 radical (unpaired) electrons. The standard InChI is InChI=1S/C38H38FN7O5/c1-23(2)33(44-37(48)51-3)36(47)45-17-7-13-31(45)35-41-22-30(43-35)26-16-15-24(29(20-26)25-10-6-11-27(39)19-25)9-4-5-12-28-21-40-34(42-28)32-14-8-18-46(32)38(49)50/h6,10-11,15-16,19-23,31-33H,7-8,13-14,17-18H2,1-3H3,(H,40,42)(H,41,43)(H,44,48)(H,49,50). The maximum atomic E-state index is 14.4. The number of hydrogen-bond donors (Lipinski definition) is 4. The molecule has 4 N–H and O–H groups in total. The summed E-state index contributed by atoms with van der Waals surface area (Å²) in [5.41, 5.74) is 4.00. The van der Waals surface area contributed by atoms with Crippen LogP contribution in [0.15, 0.2) is 54.9 Å². The maximum Gasteiger partial charge on any atom is 0.407 e. The molecule has 2 aliphatic heterocycles. The molecule has 262 valence electrons. The Morgan fingerprint density at radius 3 is 2.37 bits per heavy atom. The van der Waals surface area contributed by atoms with Crippen molar-refractivity contribution in [3.8, 4) is 46.1 Å². The van der Waals surface area contributed by atoms with Gasteiger partial charge < -0.3 is 30.0 Å². The van der Waals surface area contributed by atoms with Crippen LogP contribution in [0.3, 0.4) is 0 Å². The number of benzene rings is 2. The third-order valence-electron chi connectivity index (χ3n) is 9.17. The van der Waals surface area contributed by atoms with Gasteiger partial charge in [-0.2, -0.15) is 0 Å². The molecular weight excluding hydrogens is 653 g/mol. The minimum atomic E-state index is -0.973. The van der Waals surface area contributed by atoms with Gasteiger partial charge in [-0.05, 0) is 84.8 Å².